The monoisotopic (exact) mass is 335 g/mol. The van der Waals surface area contributed by atoms with Crippen LogP contribution in [0.3, 0.4) is 0 Å². The van der Waals surface area contributed by atoms with E-state index in [1.54, 1.807) is 19.1 Å². The first kappa shape index (κ1) is 14.7. The summed E-state index contributed by atoms with van der Waals surface area (Å²) >= 11 is 3.45. The van der Waals surface area contributed by atoms with E-state index in [0.29, 0.717) is 11.1 Å². The number of halogens is 2. The van der Waals surface area contributed by atoms with Crippen molar-refractivity contribution in [1.82, 2.24) is 5.32 Å². The van der Waals surface area contributed by atoms with Gasteiger partial charge in [-0.3, -0.25) is 4.79 Å². The van der Waals surface area contributed by atoms with E-state index in [0.717, 1.165) is 10.0 Å². The Kier molecular flexibility index (Phi) is 4.55. The van der Waals surface area contributed by atoms with Crippen LogP contribution in [0.25, 0.3) is 0 Å². The summed E-state index contributed by atoms with van der Waals surface area (Å²) in [5.74, 6) is -0.654. The van der Waals surface area contributed by atoms with Crippen LogP contribution in [-0.4, -0.2) is 5.91 Å². The van der Waals surface area contributed by atoms with Crippen LogP contribution in [-0.2, 0) is 0 Å². The molecule has 0 radical (unpaired) electrons. The highest BCUT2D eigenvalue weighted by molar-refractivity contribution is 9.10. The summed E-state index contributed by atoms with van der Waals surface area (Å²) in [5.41, 5.74) is 1.83. The molecule has 4 heteroatoms. The summed E-state index contributed by atoms with van der Waals surface area (Å²) in [5, 5.41) is 2.86. The van der Waals surface area contributed by atoms with E-state index >= 15 is 0 Å². The van der Waals surface area contributed by atoms with Gasteiger partial charge in [-0.15, -0.1) is 0 Å². The van der Waals surface area contributed by atoms with Gasteiger partial charge in [0.1, 0.15) is 5.82 Å². The van der Waals surface area contributed by atoms with Crippen molar-refractivity contribution in [2.24, 2.45) is 0 Å². The van der Waals surface area contributed by atoms with Gasteiger partial charge in [0.15, 0.2) is 0 Å². The number of rotatable bonds is 3. The number of hydrogen-bond donors (Lipinski definition) is 1. The largest absolute Gasteiger partial charge is 0.345 e. The molecule has 104 valence electrons. The van der Waals surface area contributed by atoms with Gasteiger partial charge in [-0.2, -0.15) is 0 Å². The van der Waals surface area contributed by atoms with Gasteiger partial charge in [0.05, 0.1) is 6.04 Å². The highest BCUT2D eigenvalue weighted by Gasteiger charge is 2.14. The van der Waals surface area contributed by atoms with E-state index in [9.17, 15) is 9.18 Å². The van der Waals surface area contributed by atoms with Crippen LogP contribution in [0.1, 0.15) is 34.5 Å². The minimum atomic E-state index is -0.369. The Morgan fingerprint density at radius 1 is 1.25 bits per heavy atom. The molecule has 2 rings (SSSR count). The third-order valence-corrected chi connectivity index (χ3v) is 3.88. The Morgan fingerprint density at radius 2 is 1.95 bits per heavy atom. The number of benzene rings is 2. The van der Waals surface area contributed by atoms with Gasteiger partial charge in [-0.1, -0.05) is 40.2 Å². The van der Waals surface area contributed by atoms with E-state index in [4.69, 9.17) is 0 Å². The van der Waals surface area contributed by atoms with Gasteiger partial charge in [0.25, 0.3) is 5.91 Å². The maximum atomic E-state index is 13.5. The van der Waals surface area contributed by atoms with Gasteiger partial charge in [-0.25, -0.2) is 4.39 Å². The number of aryl methyl sites for hydroxylation is 1. The van der Waals surface area contributed by atoms with Gasteiger partial charge >= 0.3 is 0 Å². The predicted molar refractivity (Wildman–Crippen MR) is 81.2 cm³/mol. The van der Waals surface area contributed by atoms with Crippen molar-refractivity contribution in [3.8, 4) is 0 Å². The molecule has 1 atom stereocenters. The van der Waals surface area contributed by atoms with Crippen molar-refractivity contribution in [2.45, 2.75) is 19.9 Å². The molecule has 0 heterocycles. The van der Waals surface area contributed by atoms with Crippen molar-refractivity contribution < 1.29 is 9.18 Å². The molecule has 2 aromatic rings. The molecule has 1 N–H and O–H groups in total. The Morgan fingerprint density at radius 3 is 2.60 bits per heavy atom. The van der Waals surface area contributed by atoms with Crippen LogP contribution in [0, 0.1) is 12.7 Å². The Bertz CT molecular complexity index is 642. The van der Waals surface area contributed by atoms with Crippen LogP contribution in [0.2, 0.25) is 0 Å². The fraction of sp³-hybridized carbons (Fsp3) is 0.188. The van der Waals surface area contributed by atoms with Gasteiger partial charge in [0, 0.05) is 10.0 Å². The van der Waals surface area contributed by atoms with Crippen molar-refractivity contribution in [2.75, 3.05) is 0 Å². The fourth-order valence-corrected chi connectivity index (χ4v) is 2.55. The lowest BCUT2D eigenvalue weighted by Crippen LogP contribution is -2.27. The van der Waals surface area contributed by atoms with Gasteiger partial charge in [0.2, 0.25) is 0 Å². The summed E-state index contributed by atoms with van der Waals surface area (Å²) in [4.78, 5) is 12.1. The van der Waals surface area contributed by atoms with Crippen molar-refractivity contribution in [1.29, 1.82) is 0 Å². The third kappa shape index (κ3) is 3.25. The van der Waals surface area contributed by atoms with Gasteiger partial charge < -0.3 is 5.32 Å². The molecule has 0 aliphatic rings. The van der Waals surface area contributed by atoms with E-state index in [1.807, 2.05) is 31.2 Å². The molecule has 0 aliphatic heterocycles. The first-order chi connectivity index (χ1) is 9.49. The minimum Gasteiger partial charge on any atom is -0.345 e. The molecule has 0 bridgehead atoms. The number of hydrogen-bond acceptors (Lipinski definition) is 1. The molecular formula is C16H15BrFNO. The standard InChI is InChI=1S/C16H15BrFNO/c1-10-7-8-12(9-15(10)18)16(20)19-11(2)13-5-3-4-6-14(13)17/h3-9,11H,1-2H3,(H,19,20). The zero-order valence-electron chi connectivity index (χ0n) is 11.3. The second-order valence-corrected chi connectivity index (χ2v) is 5.53. The zero-order valence-corrected chi connectivity index (χ0v) is 12.9. The summed E-state index contributed by atoms with van der Waals surface area (Å²) in [6.07, 6.45) is 0. The van der Waals surface area contributed by atoms with Gasteiger partial charge in [-0.05, 0) is 43.2 Å². The van der Waals surface area contributed by atoms with E-state index < -0.39 is 0 Å². The van der Waals surface area contributed by atoms with E-state index in [-0.39, 0.29) is 17.8 Å². The first-order valence-electron chi connectivity index (χ1n) is 6.30. The molecule has 1 amide bonds. The average molecular weight is 336 g/mol. The van der Waals surface area contributed by atoms with Crippen LogP contribution in [0.5, 0.6) is 0 Å². The molecule has 0 saturated heterocycles. The topological polar surface area (TPSA) is 29.1 Å². The predicted octanol–water partition coefficient (Wildman–Crippen LogP) is 4.39. The molecule has 1 unspecified atom stereocenters. The van der Waals surface area contributed by atoms with Crippen LogP contribution >= 0.6 is 15.9 Å². The lowest BCUT2D eigenvalue weighted by molar-refractivity contribution is 0.0939. The molecule has 0 spiro atoms. The lowest BCUT2D eigenvalue weighted by atomic mass is 10.1. The molecule has 0 aromatic heterocycles. The number of nitrogens with one attached hydrogen (secondary N) is 1. The van der Waals surface area contributed by atoms with Crippen LogP contribution in [0.4, 0.5) is 4.39 Å². The molecule has 0 fully saturated rings. The highest BCUT2D eigenvalue weighted by atomic mass is 79.9. The number of amides is 1. The summed E-state index contributed by atoms with van der Waals surface area (Å²) in [7, 11) is 0. The SMILES string of the molecule is Cc1ccc(C(=O)NC(C)c2ccccc2Br)cc1F. The maximum Gasteiger partial charge on any atom is 0.251 e. The molecule has 20 heavy (non-hydrogen) atoms. The molecule has 2 nitrogen and oxygen atoms in total. The summed E-state index contributed by atoms with van der Waals surface area (Å²) in [6, 6.07) is 12.0. The lowest BCUT2D eigenvalue weighted by Gasteiger charge is -2.16. The third-order valence-electron chi connectivity index (χ3n) is 3.15. The molecule has 0 aliphatic carbocycles. The quantitative estimate of drug-likeness (QED) is 0.885. The number of carbonyl (C=O) groups is 1. The smallest absolute Gasteiger partial charge is 0.251 e. The summed E-state index contributed by atoms with van der Waals surface area (Å²) in [6.45, 7) is 3.56. The zero-order chi connectivity index (χ0) is 14.7. The molecule has 2 aromatic carbocycles. The molecular weight excluding hydrogens is 321 g/mol. The van der Waals surface area contributed by atoms with Crippen molar-refractivity contribution in [3.05, 3.63) is 69.4 Å². The fourth-order valence-electron chi connectivity index (χ4n) is 1.92. The normalized spacial score (nSPS) is 12.0. The summed E-state index contributed by atoms with van der Waals surface area (Å²) < 4.78 is 14.4. The van der Waals surface area contributed by atoms with Crippen molar-refractivity contribution >= 4 is 21.8 Å². The second-order valence-electron chi connectivity index (χ2n) is 4.68. The van der Waals surface area contributed by atoms with E-state index in [1.165, 1.54) is 6.07 Å². The second kappa shape index (κ2) is 6.18. The highest BCUT2D eigenvalue weighted by Crippen LogP contribution is 2.23. The Hall–Kier alpha value is -1.68. The Balaban J connectivity index is 2.15. The van der Waals surface area contributed by atoms with E-state index in [2.05, 4.69) is 21.2 Å². The Labute approximate surface area is 126 Å². The first-order valence-corrected chi connectivity index (χ1v) is 7.10. The average Bonchev–Trinajstić information content (AvgIpc) is 2.42. The minimum absolute atomic E-state index is 0.164. The van der Waals surface area contributed by atoms with Crippen LogP contribution < -0.4 is 5.32 Å². The van der Waals surface area contributed by atoms with Crippen molar-refractivity contribution in [3.63, 3.8) is 0 Å². The molecule has 0 saturated carbocycles. The van der Waals surface area contributed by atoms with Crippen LogP contribution in [0.15, 0.2) is 46.9 Å². The number of carbonyl (C=O) groups excluding carboxylic acids is 1. The maximum absolute atomic E-state index is 13.5.